The van der Waals surface area contributed by atoms with E-state index in [0.717, 1.165) is 40.7 Å². The van der Waals surface area contributed by atoms with Gasteiger partial charge in [0.15, 0.2) is 0 Å². The van der Waals surface area contributed by atoms with Crippen LogP contribution in [0.15, 0.2) is 55.0 Å². The highest BCUT2D eigenvalue weighted by Crippen LogP contribution is 2.18. The third kappa shape index (κ3) is 8.63. The number of carboxylic acids is 2. The predicted molar refractivity (Wildman–Crippen MR) is 112 cm³/mol. The normalized spacial score (nSPS) is 11.2. The topological polar surface area (TPSA) is 139 Å². The maximum Gasteiger partial charge on any atom is 0.430 e. The van der Waals surface area contributed by atoms with E-state index in [2.05, 4.69) is 51.2 Å². The van der Waals surface area contributed by atoms with Crippen molar-refractivity contribution in [3.05, 3.63) is 60.7 Å². The number of nitrogens with zero attached hydrogens (tertiary/aromatic N) is 2. The van der Waals surface area contributed by atoms with Crippen LogP contribution in [0.3, 0.4) is 0 Å². The van der Waals surface area contributed by atoms with Crippen molar-refractivity contribution in [1.82, 2.24) is 9.97 Å². The largest absolute Gasteiger partial charge is 0.542 e. The standard InChI is InChI=1S/C18H17N5.2C2HF3O2/c1-23-17-5-3-2-4-15(17)22-16-7-6-13(10-18(16)23)20-9-8-14-11-19-12-21-14;2*3-2(4,5)1(6)7/h2-7,10-12H,8-9H2,1H3,(H,19,21);2*(H,6,7). The van der Waals surface area contributed by atoms with Crippen LogP contribution in [0.25, 0.3) is 22.1 Å². The van der Waals surface area contributed by atoms with Crippen molar-refractivity contribution in [2.75, 3.05) is 11.9 Å². The number of rotatable bonds is 4. The third-order valence-corrected chi connectivity index (χ3v) is 4.61. The molecule has 0 aliphatic carbocycles. The van der Waals surface area contributed by atoms with Crippen LogP contribution in [0, 0.1) is 0 Å². The SMILES string of the molecule is C[n+]1c2ccccc2nc2ccc(NCCc3c[nH+]c[nH]3)cc21.O=C([O-])C(F)(F)F.O=C([O-])C(F)(F)F. The third-order valence-electron chi connectivity index (χ3n) is 4.61. The molecule has 4 rings (SSSR count). The van der Waals surface area contributed by atoms with E-state index in [4.69, 9.17) is 24.8 Å². The molecule has 15 heteroatoms. The molecule has 0 saturated heterocycles. The van der Waals surface area contributed by atoms with Crippen molar-refractivity contribution in [3.63, 3.8) is 0 Å². The molecule has 0 aliphatic heterocycles. The number of hydrogen-bond acceptors (Lipinski definition) is 6. The van der Waals surface area contributed by atoms with Crippen molar-refractivity contribution in [2.24, 2.45) is 7.05 Å². The van der Waals surface area contributed by atoms with E-state index >= 15 is 0 Å². The monoisotopic (exact) mass is 531 g/mol. The fourth-order valence-corrected chi connectivity index (χ4v) is 2.90. The highest BCUT2D eigenvalue weighted by Gasteiger charge is 2.29. The first-order chi connectivity index (χ1) is 17.2. The van der Waals surface area contributed by atoms with E-state index in [9.17, 15) is 26.3 Å². The number of H-pyrrole nitrogens is 2. The van der Waals surface area contributed by atoms with Gasteiger partial charge in [-0.1, -0.05) is 12.1 Å². The fraction of sp³-hybridized carbons (Fsp3) is 0.227. The van der Waals surface area contributed by atoms with Gasteiger partial charge >= 0.3 is 12.4 Å². The van der Waals surface area contributed by atoms with E-state index in [-0.39, 0.29) is 0 Å². The summed E-state index contributed by atoms with van der Waals surface area (Å²) < 4.78 is 65.3. The number of aromatic amines is 2. The molecule has 198 valence electrons. The lowest BCUT2D eigenvalue weighted by Gasteiger charge is -2.06. The number of alkyl halides is 6. The number of carbonyl (C=O) groups is 2. The van der Waals surface area contributed by atoms with Gasteiger partial charge in [-0.05, 0) is 18.2 Å². The lowest BCUT2D eigenvalue weighted by Crippen LogP contribution is -2.37. The summed E-state index contributed by atoms with van der Waals surface area (Å²) in [6, 6.07) is 14.5. The van der Waals surface area contributed by atoms with Crippen LogP contribution >= 0.6 is 0 Å². The summed E-state index contributed by atoms with van der Waals surface area (Å²) in [7, 11) is 2.09. The molecule has 0 aliphatic rings. The molecule has 0 spiro atoms. The van der Waals surface area contributed by atoms with Crippen LogP contribution in [0.1, 0.15) is 5.69 Å². The summed E-state index contributed by atoms with van der Waals surface area (Å²) in [4.78, 5) is 28.5. The van der Waals surface area contributed by atoms with Crippen LogP contribution < -0.4 is 25.1 Å². The van der Waals surface area contributed by atoms with E-state index in [1.165, 1.54) is 5.69 Å². The predicted octanol–water partition coefficient (Wildman–Crippen LogP) is 0.606. The Morgan fingerprint density at radius 2 is 1.54 bits per heavy atom. The summed E-state index contributed by atoms with van der Waals surface area (Å²) in [5.41, 5.74) is 6.60. The quantitative estimate of drug-likeness (QED) is 0.225. The molecule has 0 radical (unpaired) electrons. The number of nitrogens with one attached hydrogen (secondary N) is 3. The highest BCUT2D eigenvalue weighted by atomic mass is 19.4. The minimum Gasteiger partial charge on any atom is -0.542 e. The molecule has 0 fully saturated rings. The summed E-state index contributed by atoms with van der Waals surface area (Å²) in [5, 5.41) is 21.0. The second-order valence-corrected chi connectivity index (χ2v) is 7.24. The number of aliphatic carboxylic acids is 2. The summed E-state index contributed by atoms with van der Waals surface area (Å²) >= 11 is 0. The zero-order chi connectivity index (χ0) is 27.8. The number of carbonyl (C=O) groups excluding carboxylic acids is 2. The van der Waals surface area contributed by atoms with Gasteiger partial charge in [0.2, 0.25) is 17.4 Å². The minimum absolute atomic E-state index is 0.880. The number of benzene rings is 2. The maximum absolute atomic E-state index is 10.5. The number of para-hydroxylation sites is 2. The number of anilines is 1. The number of halogens is 6. The zero-order valence-electron chi connectivity index (χ0n) is 18.9. The number of carboxylic acid groups (broad SMARTS) is 2. The van der Waals surface area contributed by atoms with Gasteiger partial charge in [-0.3, -0.25) is 4.98 Å². The van der Waals surface area contributed by atoms with Crippen molar-refractivity contribution >= 4 is 39.7 Å². The number of imidazole rings is 1. The van der Waals surface area contributed by atoms with Gasteiger partial charge in [0.05, 0.1) is 0 Å². The molecule has 4 aromatic rings. The van der Waals surface area contributed by atoms with Gasteiger partial charge in [-0.2, -0.15) is 30.9 Å². The molecule has 0 atom stereocenters. The van der Waals surface area contributed by atoms with Crippen LogP contribution in [0.2, 0.25) is 0 Å². The van der Waals surface area contributed by atoms with E-state index in [0.29, 0.717) is 0 Å². The van der Waals surface area contributed by atoms with Crippen LogP contribution in [-0.2, 0) is 23.1 Å². The van der Waals surface area contributed by atoms with E-state index in [1.54, 1.807) is 0 Å². The Balaban J connectivity index is 0.000000286. The summed E-state index contributed by atoms with van der Waals surface area (Å²) in [6.45, 7) is 0.880. The molecule has 0 bridgehead atoms. The van der Waals surface area contributed by atoms with Gasteiger partial charge in [0, 0.05) is 30.8 Å². The van der Waals surface area contributed by atoms with Crippen LogP contribution in [0.5, 0.6) is 0 Å². The van der Waals surface area contributed by atoms with Gasteiger partial charge in [0.1, 0.15) is 41.9 Å². The van der Waals surface area contributed by atoms with Crippen LogP contribution in [-0.4, -0.2) is 40.8 Å². The molecule has 3 N–H and O–H groups in total. The Bertz CT molecular complexity index is 1330. The molecule has 9 nitrogen and oxygen atoms in total. The van der Waals surface area contributed by atoms with Gasteiger partial charge in [0.25, 0.3) is 0 Å². The Hall–Kier alpha value is -4.43. The molecular weight excluding hydrogens is 512 g/mol. The first-order valence-corrected chi connectivity index (χ1v) is 10.2. The van der Waals surface area contributed by atoms with Crippen molar-refractivity contribution in [3.8, 4) is 0 Å². The average molecular weight is 531 g/mol. The molecule has 0 unspecified atom stereocenters. The molecule has 0 amide bonds. The number of aromatic nitrogens is 4. The minimum atomic E-state index is -5.19. The summed E-state index contributed by atoms with van der Waals surface area (Å²) in [6.07, 6.45) is -5.62. The maximum atomic E-state index is 10.5. The molecule has 0 saturated carbocycles. The number of aryl methyl sites for hydroxylation is 1. The van der Waals surface area contributed by atoms with E-state index < -0.39 is 24.3 Å². The van der Waals surface area contributed by atoms with E-state index in [1.807, 2.05) is 30.7 Å². The van der Waals surface area contributed by atoms with Crippen molar-refractivity contribution in [2.45, 2.75) is 18.8 Å². The first kappa shape index (κ1) is 28.8. The Morgan fingerprint density at radius 1 is 0.973 bits per heavy atom. The lowest BCUT2D eigenvalue weighted by atomic mass is 10.2. The fourth-order valence-electron chi connectivity index (χ4n) is 2.90. The van der Waals surface area contributed by atoms with Crippen molar-refractivity contribution in [1.29, 1.82) is 0 Å². The number of hydrogen-bond donors (Lipinski definition) is 2. The summed E-state index contributed by atoms with van der Waals surface area (Å²) in [5.74, 6) is -6.01. The van der Waals surface area contributed by atoms with Crippen LogP contribution in [0.4, 0.5) is 32.0 Å². The molecule has 2 heterocycles. The molecule has 2 aromatic carbocycles. The lowest BCUT2D eigenvalue weighted by molar-refractivity contribution is -0.617. The Morgan fingerprint density at radius 3 is 2.08 bits per heavy atom. The molecular formula is C22H19F6N5O4. The Kier molecular flexibility index (Phi) is 9.35. The Labute approximate surface area is 204 Å². The smallest absolute Gasteiger partial charge is 0.430 e. The average Bonchev–Trinajstić information content (AvgIpc) is 3.33. The molecule has 2 aromatic heterocycles. The number of fused-ring (bicyclic) bond motifs is 2. The van der Waals surface area contributed by atoms with Crippen molar-refractivity contribution < 1.29 is 55.7 Å². The zero-order valence-corrected chi connectivity index (χ0v) is 18.9. The van der Waals surface area contributed by atoms with Gasteiger partial charge in [-0.15, -0.1) is 0 Å². The highest BCUT2D eigenvalue weighted by molar-refractivity contribution is 5.83. The molecule has 37 heavy (non-hydrogen) atoms. The van der Waals surface area contributed by atoms with Gasteiger partial charge in [-0.25, -0.2) is 9.97 Å². The van der Waals surface area contributed by atoms with Gasteiger partial charge < -0.3 is 25.1 Å². The first-order valence-electron chi connectivity index (χ1n) is 10.2. The second kappa shape index (κ2) is 12.0. The second-order valence-electron chi connectivity index (χ2n) is 7.24.